The van der Waals surface area contributed by atoms with Crippen LogP contribution in [0, 0.1) is 0 Å². The van der Waals surface area contributed by atoms with Crippen LogP contribution in [-0.4, -0.2) is 11.9 Å². The fourth-order valence-electron chi connectivity index (χ4n) is 0. The first-order chi connectivity index (χ1) is 4.54. The summed E-state index contributed by atoms with van der Waals surface area (Å²) in [5.41, 5.74) is 4.53. The van der Waals surface area contributed by atoms with Gasteiger partial charge in [0.2, 0.25) is 5.91 Å². The van der Waals surface area contributed by atoms with E-state index in [1.54, 1.807) is 0 Å². The minimum atomic E-state index is -1.23. The third kappa shape index (κ3) is 44.3. The molecule has 0 fully saturated rings. The number of hydrogen-bond donors (Lipinski definition) is 1. The Labute approximate surface area is 87.1 Å². The zero-order valence-corrected chi connectivity index (χ0v) is 8.37. The Morgan fingerprint density at radius 1 is 1.27 bits per heavy atom. The molecule has 0 radical (unpaired) electrons. The summed E-state index contributed by atoms with van der Waals surface area (Å²) in [6.07, 6.45) is 1.78. The van der Waals surface area contributed by atoms with Gasteiger partial charge in [0, 0.05) is 0 Å². The first-order valence-electron chi connectivity index (χ1n) is 2.29. The fourth-order valence-corrected chi connectivity index (χ4v) is 0. The molecule has 0 aromatic carbocycles. The second-order valence-electron chi connectivity index (χ2n) is 1.13. The van der Waals surface area contributed by atoms with Crippen molar-refractivity contribution in [2.24, 2.45) is 5.73 Å². The summed E-state index contributed by atoms with van der Waals surface area (Å²) in [6, 6.07) is 0. The summed E-state index contributed by atoms with van der Waals surface area (Å²) in [4.78, 5) is 18.6. The summed E-state index contributed by atoms with van der Waals surface area (Å²) in [7, 11) is 0. The number of aliphatic carboxylic acids is 1. The number of carbonyl (C=O) groups excluding carboxylic acids is 2. The summed E-state index contributed by atoms with van der Waals surface area (Å²) < 4.78 is 0. The minimum absolute atomic E-state index is 0. The van der Waals surface area contributed by atoms with Crippen molar-refractivity contribution >= 4 is 11.9 Å². The minimum Gasteiger partial charge on any atom is -0.545 e. The maximum Gasteiger partial charge on any atom is 1.00 e. The maximum absolute atomic E-state index is 9.47. The van der Waals surface area contributed by atoms with Crippen LogP contribution in [0.4, 0.5) is 0 Å². The summed E-state index contributed by atoms with van der Waals surface area (Å²) in [6.45, 7) is 5.98. The largest absolute Gasteiger partial charge is 1.00 e. The SMILES string of the molecule is C=CC(=O)[O-].C=CC(N)=O.[Na+]. The second kappa shape index (κ2) is 12.1. The van der Waals surface area contributed by atoms with E-state index in [1.807, 2.05) is 0 Å². The molecule has 0 aliphatic heterocycles. The van der Waals surface area contributed by atoms with Gasteiger partial charge in [-0.1, -0.05) is 13.2 Å². The van der Waals surface area contributed by atoms with Gasteiger partial charge >= 0.3 is 29.6 Å². The van der Waals surface area contributed by atoms with Crippen LogP contribution < -0.4 is 40.4 Å². The topological polar surface area (TPSA) is 83.2 Å². The van der Waals surface area contributed by atoms with Crippen molar-refractivity contribution in [3.8, 4) is 0 Å². The van der Waals surface area contributed by atoms with Crippen LogP contribution in [-0.2, 0) is 9.59 Å². The van der Waals surface area contributed by atoms with Gasteiger partial charge in [0.1, 0.15) is 0 Å². The molecule has 4 nitrogen and oxygen atoms in total. The van der Waals surface area contributed by atoms with E-state index in [9.17, 15) is 4.79 Å². The quantitative estimate of drug-likeness (QED) is 0.331. The second-order valence-corrected chi connectivity index (χ2v) is 1.13. The fraction of sp³-hybridized carbons (Fsp3) is 0. The maximum atomic E-state index is 9.47. The Hall–Kier alpha value is -0.580. The van der Waals surface area contributed by atoms with Crippen LogP contribution in [0.15, 0.2) is 25.3 Å². The van der Waals surface area contributed by atoms with Gasteiger partial charge in [-0.25, -0.2) is 0 Å². The molecule has 0 spiro atoms. The predicted molar refractivity (Wildman–Crippen MR) is 34.6 cm³/mol. The van der Waals surface area contributed by atoms with Gasteiger partial charge < -0.3 is 15.6 Å². The number of primary amides is 1. The van der Waals surface area contributed by atoms with Crippen molar-refractivity contribution < 1.29 is 44.3 Å². The molecule has 1 amide bonds. The Balaban J connectivity index is -0.000000107. The first-order valence-corrected chi connectivity index (χ1v) is 2.29. The van der Waals surface area contributed by atoms with Gasteiger partial charge in [-0.05, 0) is 12.2 Å². The molecule has 0 rings (SSSR count). The van der Waals surface area contributed by atoms with Crippen molar-refractivity contribution in [1.29, 1.82) is 0 Å². The van der Waals surface area contributed by atoms with Crippen LogP contribution in [0.5, 0.6) is 0 Å². The predicted octanol–water partition coefficient (Wildman–Crippen LogP) is -4.42. The van der Waals surface area contributed by atoms with Crippen molar-refractivity contribution in [3.05, 3.63) is 25.3 Å². The molecule has 56 valence electrons. The molecule has 5 heteroatoms. The molecule has 0 aliphatic carbocycles. The Morgan fingerprint density at radius 3 is 1.45 bits per heavy atom. The normalized spacial score (nSPS) is 5.82. The molecule has 0 bridgehead atoms. The van der Waals surface area contributed by atoms with Crippen molar-refractivity contribution in [2.45, 2.75) is 0 Å². The van der Waals surface area contributed by atoms with E-state index in [0.29, 0.717) is 0 Å². The molecule has 0 aromatic rings. The molecular formula is C6H8NNaO3. The number of carbonyl (C=O) groups is 2. The number of hydrogen-bond acceptors (Lipinski definition) is 3. The molecule has 2 N–H and O–H groups in total. The van der Waals surface area contributed by atoms with Crippen molar-refractivity contribution in [3.63, 3.8) is 0 Å². The summed E-state index contributed by atoms with van der Waals surface area (Å²) in [5.74, 6) is -1.71. The molecule has 0 aliphatic rings. The standard InChI is InChI=1S/C3H5NO.C3H4O2.Na/c2*1-2-3(4)5;/h2H,1H2,(H2,4,5);2H,1H2,(H,4,5);/q;;+1/p-1. The van der Waals surface area contributed by atoms with Crippen molar-refractivity contribution in [2.75, 3.05) is 0 Å². The van der Waals surface area contributed by atoms with Gasteiger partial charge in [0.05, 0.1) is 5.97 Å². The third-order valence-electron chi connectivity index (χ3n) is 0.368. The molecule has 0 aromatic heterocycles. The van der Waals surface area contributed by atoms with E-state index in [4.69, 9.17) is 9.90 Å². The van der Waals surface area contributed by atoms with Crippen LogP contribution in [0.2, 0.25) is 0 Å². The molecule has 0 saturated carbocycles. The smallest absolute Gasteiger partial charge is 0.545 e. The van der Waals surface area contributed by atoms with Crippen LogP contribution in [0.3, 0.4) is 0 Å². The number of carboxylic acid groups (broad SMARTS) is 1. The zero-order chi connectivity index (χ0) is 8.57. The summed E-state index contributed by atoms with van der Waals surface area (Å²) in [5, 5.41) is 9.14. The van der Waals surface area contributed by atoms with Gasteiger partial charge in [-0.2, -0.15) is 0 Å². The third-order valence-corrected chi connectivity index (χ3v) is 0.368. The van der Waals surface area contributed by atoms with E-state index < -0.39 is 11.9 Å². The van der Waals surface area contributed by atoms with Crippen LogP contribution >= 0.6 is 0 Å². The van der Waals surface area contributed by atoms with E-state index in [0.717, 1.165) is 12.2 Å². The monoisotopic (exact) mass is 165 g/mol. The number of nitrogens with two attached hydrogens (primary N) is 1. The van der Waals surface area contributed by atoms with Gasteiger partial charge in [-0.15, -0.1) is 0 Å². The zero-order valence-electron chi connectivity index (χ0n) is 6.37. The molecule has 0 heterocycles. The first kappa shape index (κ1) is 16.8. The number of rotatable bonds is 2. The molecule has 0 atom stereocenters. The summed E-state index contributed by atoms with van der Waals surface area (Å²) >= 11 is 0. The van der Waals surface area contributed by atoms with E-state index in [1.165, 1.54) is 0 Å². The molecule has 0 unspecified atom stereocenters. The van der Waals surface area contributed by atoms with Gasteiger partial charge in [-0.3, -0.25) is 4.79 Å². The van der Waals surface area contributed by atoms with Crippen LogP contribution in [0.1, 0.15) is 0 Å². The molecular weight excluding hydrogens is 157 g/mol. The number of amides is 1. The number of carboxylic acids is 1. The van der Waals surface area contributed by atoms with E-state index in [-0.39, 0.29) is 29.6 Å². The van der Waals surface area contributed by atoms with E-state index in [2.05, 4.69) is 18.9 Å². The Bertz CT molecular complexity index is 138. The van der Waals surface area contributed by atoms with Crippen molar-refractivity contribution in [1.82, 2.24) is 0 Å². The molecule has 11 heavy (non-hydrogen) atoms. The Kier molecular flexibility index (Phi) is 18.5. The van der Waals surface area contributed by atoms with E-state index >= 15 is 0 Å². The Morgan fingerprint density at radius 2 is 1.45 bits per heavy atom. The average Bonchev–Trinajstić information content (AvgIpc) is 1.89. The van der Waals surface area contributed by atoms with Gasteiger partial charge in [0.15, 0.2) is 0 Å². The van der Waals surface area contributed by atoms with Gasteiger partial charge in [0.25, 0.3) is 0 Å². The average molecular weight is 165 g/mol. The van der Waals surface area contributed by atoms with Crippen LogP contribution in [0.25, 0.3) is 0 Å². The molecule has 0 saturated heterocycles.